The first kappa shape index (κ1) is 28.7. The molecule has 0 radical (unpaired) electrons. The molecule has 2 fully saturated rings. The molecule has 2 saturated heterocycles. The van der Waals surface area contributed by atoms with E-state index in [4.69, 9.17) is 4.74 Å². The summed E-state index contributed by atoms with van der Waals surface area (Å²) in [5.74, 6) is 0.168. The van der Waals surface area contributed by atoms with Crippen molar-refractivity contribution >= 4 is 27.0 Å². The van der Waals surface area contributed by atoms with E-state index in [9.17, 15) is 23.3 Å². The Hall–Kier alpha value is -4.44. The first-order chi connectivity index (χ1) is 20.8. The molecule has 222 valence electrons. The number of likely N-dealkylation sites (tertiary alicyclic amines) is 1. The summed E-state index contributed by atoms with van der Waals surface area (Å²) in [6.07, 6.45) is 0.814. The third-order valence-corrected chi connectivity index (χ3v) is 10.0. The minimum atomic E-state index is -4.40. The first-order valence-electron chi connectivity index (χ1n) is 14.2. The Morgan fingerprint density at radius 1 is 1.00 bits per heavy atom. The maximum atomic E-state index is 14.4. The van der Waals surface area contributed by atoms with Gasteiger partial charge >= 0.3 is 5.69 Å². The van der Waals surface area contributed by atoms with Gasteiger partial charge in [-0.2, -0.15) is 9.23 Å². The second-order valence-corrected chi connectivity index (χ2v) is 12.5. The number of ether oxygens (including phenoxy) is 1. The predicted octanol–water partition coefficient (Wildman–Crippen LogP) is 2.02. The van der Waals surface area contributed by atoms with Crippen molar-refractivity contribution in [3.8, 4) is 11.8 Å². The molecule has 0 saturated carbocycles. The van der Waals surface area contributed by atoms with Gasteiger partial charge in [-0.3, -0.25) is 14.3 Å². The number of nitrogens with one attached hydrogen (secondary N) is 1. The van der Waals surface area contributed by atoms with Crippen LogP contribution in [0.3, 0.4) is 0 Å². The van der Waals surface area contributed by atoms with Crippen LogP contribution >= 0.6 is 0 Å². The van der Waals surface area contributed by atoms with Crippen molar-refractivity contribution in [2.75, 3.05) is 46.4 Å². The summed E-state index contributed by atoms with van der Waals surface area (Å²) in [4.78, 5) is 32.8. The third-order valence-electron chi connectivity index (χ3n) is 8.31. The molecule has 3 heterocycles. The Balaban J connectivity index is 1.50. The number of aromatic nitrogens is 2. The molecular weight excluding hydrogens is 568 g/mol. The van der Waals surface area contributed by atoms with Crippen LogP contribution < -0.4 is 15.7 Å². The monoisotopic (exact) mass is 600 g/mol. The van der Waals surface area contributed by atoms with E-state index < -0.39 is 21.8 Å². The van der Waals surface area contributed by atoms with Crippen LogP contribution in [0, 0.1) is 11.3 Å². The molecule has 1 N–H and O–H groups in total. The van der Waals surface area contributed by atoms with Crippen molar-refractivity contribution in [1.29, 1.82) is 5.26 Å². The molecule has 2 atom stereocenters. The molecule has 11 nitrogen and oxygen atoms in total. The molecule has 0 aliphatic carbocycles. The van der Waals surface area contributed by atoms with Gasteiger partial charge in [-0.1, -0.05) is 30.3 Å². The van der Waals surface area contributed by atoms with Crippen molar-refractivity contribution in [2.45, 2.75) is 23.4 Å². The van der Waals surface area contributed by atoms with E-state index in [0.717, 1.165) is 36.6 Å². The summed E-state index contributed by atoms with van der Waals surface area (Å²) in [5, 5.41) is 13.0. The van der Waals surface area contributed by atoms with Gasteiger partial charge in [-0.25, -0.2) is 13.2 Å². The van der Waals surface area contributed by atoms with Crippen LogP contribution in [0.25, 0.3) is 11.0 Å². The van der Waals surface area contributed by atoms with Gasteiger partial charge in [0, 0.05) is 45.3 Å². The van der Waals surface area contributed by atoms with Gasteiger partial charge < -0.3 is 15.0 Å². The summed E-state index contributed by atoms with van der Waals surface area (Å²) in [7, 11) is -2.92. The van der Waals surface area contributed by atoms with E-state index in [1.54, 1.807) is 29.2 Å². The smallest absolute Gasteiger partial charge is 0.344 e. The fraction of sp³-hybridized carbons (Fsp3) is 0.323. The van der Waals surface area contributed by atoms with Crippen LogP contribution in [0.15, 0.2) is 82.5 Å². The number of nitrogens with zero attached hydrogens (tertiary/aromatic N) is 5. The normalized spacial score (nSPS) is 18.4. The van der Waals surface area contributed by atoms with Gasteiger partial charge in [0.25, 0.3) is 15.9 Å². The molecule has 3 aromatic carbocycles. The lowest BCUT2D eigenvalue weighted by Crippen LogP contribution is -2.49. The first-order valence-corrected chi connectivity index (χ1v) is 15.6. The lowest BCUT2D eigenvalue weighted by atomic mass is 10.0. The second-order valence-electron chi connectivity index (χ2n) is 10.7. The number of imidazole rings is 1. The van der Waals surface area contributed by atoms with Gasteiger partial charge in [-0.05, 0) is 54.4 Å². The summed E-state index contributed by atoms with van der Waals surface area (Å²) in [6, 6.07) is 20.1. The molecule has 1 unspecified atom stereocenters. The van der Waals surface area contributed by atoms with Gasteiger partial charge in [-0.15, -0.1) is 0 Å². The largest absolute Gasteiger partial charge is 0.497 e. The van der Waals surface area contributed by atoms with Crippen LogP contribution in [0.2, 0.25) is 0 Å². The zero-order chi connectivity index (χ0) is 30.1. The van der Waals surface area contributed by atoms with E-state index in [-0.39, 0.29) is 33.4 Å². The Kier molecular flexibility index (Phi) is 7.79. The summed E-state index contributed by atoms with van der Waals surface area (Å²) < 4.78 is 35.1. The minimum Gasteiger partial charge on any atom is -0.497 e. The van der Waals surface area contributed by atoms with Crippen molar-refractivity contribution in [3.05, 3.63) is 94.4 Å². The molecule has 6 rings (SSSR count). The zero-order valence-corrected chi connectivity index (χ0v) is 24.5. The number of rotatable bonds is 7. The standard InChI is InChI=1S/C31H32N6O5S/c1-42-25-8-10-26(11-9-25)43(40,41)37-27-12-7-22(20-32)19-28(27)36(31(37)39)29(23-5-3-2-4-6-23)30(38)35-16-13-24(21-35)34-17-14-33-15-18-34/h2-12,19,24,29,33H,13-18,21H2,1H3/t24-,29?/m0/s1. The summed E-state index contributed by atoms with van der Waals surface area (Å²) in [6.45, 7) is 4.65. The zero-order valence-electron chi connectivity index (χ0n) is 23.7. The van der Waals surface area contributed by atoms with Crippen LogP contribution in [-0.4, -0.2) is 85.1 Å². The topological polar surface area (TPSA) is 130 Å². The van der Waals surface area contributed by atoms with Crippen molar-refractivity contribution in [2.24, 2.45) is 0 Å². The maximum absolute atomic E-state index is 14.4. The highest BCUT2D eigenvalue weighted by Gasteiger charge is 2.38. The molecule has 2 aliphatic heterocycles. The predicted molar refractivity (Wildman–Crippen MR) is 160 cm³/mol. The van der Waals surface area contributed by atoms with Crippen molar-refractivity contribution in [1.82, 2.24) is 23.7 Å². The van der Waals surface area contributed by atoms with Gasteiger partial charge in [0.15, 0.2) is 0 Å². The van der Waals surface area contributed by atoms with E-state index in [1.807, 2.05) is 6.07 Å². The number of carbonyl (C=O) groups is 1. The van der Waals surface area contributed by atoms with E-state index in [1.165, 1.54) is 54.1 Å². The number of methoxy groups -OCH3 is 1. The van der Waals surface area contributed by atoms with E-state index in [2.05, 4.69) is 16.3 Å². The molecule has 2 aliphatic rings. The van der Waals surface area contributed by atoms with Gasteiger partial charge in [0.1, 0.15) is 11.8 Å². The molecule has 1 amide bonds. The van der Waals surface area contributed by atoms with Gasteiger partial charge in [0.2, 0.25) is 0 Å². The second kappa shape index (κ2) is 11.7. The Morgan fingerprint density at radius 3 is 2.40 bits per heavy atom. The van der Waals surface area contributed by atoms with E-state index in [0.29, 0.717) is 24.4 Å². The quantitative estimate of drug-likeness (QED) is 0.341. The molecular formula is C31H32N6O5S. The lowest BCUT2D eigenvalue weighted by molar-refractivity contribution is -0.132. The Morgan fingerprint density at radius 2 is 1.72 bits per heavy atom. The van der Waals surface area contributed by atoms with Crippen LogP contribution in [0.4, 0.5) is 0 Å². The van der Waals surface area contributed by atoms with Crippen molar-refractivity contribution in [3.63, 3.8) is 0 Å². The average molecular weight is 601 g/mol. The highest BCUT2D eigenvalue weighted by atomic mass is 32.2. The number of carbonyl (C=O) groups excluding carboxylic acids is 1. The number of piperazine rings is 1. The number of hydrogen-bond acceptors (Lipinski definition) is 8. The van der Waals surface area contributed by atoms with E-state index >= 15 is 0 Å². The third kappa shape index (κ3) is 5.20. The van der Waals surface area contributed by atoms with Crippen LogP contribution in [-0.2, 0) is 14.8 Å². The molecule has 0 spiro atoms. The number of fused-ring (bicyclic) bond motifs is 1. The number of hydrogen-bond donors (Lipinski definition) is 1. The molecule has 1 aromatic heterocycles. The number of benzene rings is 3. The minimum absolute atomic E-state index is 0.0775. The summed E-state index contributed by atoms with van der Waals surface area (Å²) in [5.41, 5.74) is 0.152. The molecule has 4 aromatic rings. The fourth-order valence-corrected chi connectivity index (χ4v) is 7.49. The fourth-order valence-electron chi connectivity index (χ4n) is 6.09. The maximum Gasteiger partial charge on any atom is 0.344 e. The molecule has 43 heavy (non-hydrogen) atoms. The van der Waals surface area contributed by atoms with Crippen LogP contribution in [0.1, 0.15) is 23.6 Å². The molecule has 12 heteroatoms. The van der Waals surface area contributed by atoms with Crippen LogP contribution in [0.5, 0.6) is 5.75 Å². The highest BCUT2D eigenvalue weighted by molar-refractivity contribution is 7.90. The summed E-state index contributed by atoms with van der Waals surface area (Å²) >= 11 is 0. The molecule has 0 bridgehead atoms. The number of nitriles is 1. The van der Waals surface area contributed by atoms with Crippen molar-refractivity contribution < 1.29 is 17.9 Å². The SMILES string of the molecule is COc1ccc(S(=O)(=O)n2c(=O)n(C(C(=O)N3CC[C@H](N4CCNCC4)C3)c3ccccc3)c3cc(C#N)ccc32)cc1. The Bertz CT molecular complexity index is 1850. The highest BCUT2D eigenvalue weighted by Crippen LogP contribution is 2.30. The lowest BCUT2D eigenvalue weighted by Gasteiger charge is -2.33. The number of amides is 1. The Labute approximate surface area is 249 Å². The van der Waals surface area contributed by atoms with Gasteiger partial charge in [0.05, 0.1) is 34.7 Å². The average Bonchev–Trinajstić information content (AvgIpc) is 3.65.